The number of hydrogen-bond acceptors (Lipinski definition) is 6. The van der Waals surface area contributed by atoms with Crippen LogP contribution in [0.25, 0.3) is 0 Å². The van der Waals surface area contributed by atoms with Gasteiger partial charge in [-0.05, 0) is 39.3 Å². The van der Waals surface area contributed by atoms with Gasteiger partial charge < -0.3 is 4.74 Å². The van der Waals surface area contributed by atoms with E-state index in [2.05, 4.69) is 4.98 Å². The lowest BCUT2D eigenvalue weighted by Gasteiger charge is -2.57. The van der Waals surface area contributed by atoms with Gasteiger partial charge in [0.2, 0.25) is 0 Å². The normalized spacial score (nSPS) is 24.7. The van der Waals surface area contributed by atoms with Crippen LogP contribution in [0.4, 0.5) is 13.2 Å². The summed E-state index contributed by atoms with van der Waals surface area (Å²) < 4.78 is 67.4. The predicted octanol–water partition coefficient (Wildman–Crippen LogP) is 2.21. The van der Waals surface area contributed by atoms with Crippen LogP contribution in [0.3, 0.4) is 0 Å². The summed E-state index contributed by atoms with van der Waals surface area (Å²) in [5.41, 5.74) is -4.89. The molecule has 3 heterocycles. The van der Waals surface area contributed by atoms with Crippen molar-refractivity contribution in [1.82, 2.24) is 14.2 Å². The minimum Gasteiger partial charge on any atom is -0.375 e. The number of sulfonamides is 1. The van der Waals surface area contributed by atoms with E-state index in [1.165, 1.54) is 0 Å². The fourth-order valence-corrected chi connectivity index (χ4v) is 5.36. The van der Waals surface area contributed by atoms with Crippen molar-refractivity contribution < 1.29 is 26.3 Å². The lowest BCUT2D eigenvalue weighted by molar-refractivity contribution is -0.0804. The molecule has 1 atom stereocenters. The molecule has 0 bridgehead atoms. The van der Waals surface area contributed by atoms with Crippen LogP contribution in [0.2, 0.25) is 0 Å². The molecular formula is C15H22F3N3O3S2. The van der Waals surface area contributed by atoms with Crippen LogP contribution in [0.15, 0.2) is 5.38 Å². The number of rotatable bonds is 5. The van der Waals surface area contributed by atoms with Gasteiger partial charge in [0, 0.05) is 24.0 Å². The van der Waals surface area contributed by atoms with E-state index in [0.717, 1.165) is 17.1 Å². The number of aromatic nitrogens is 1. The molecule has 0 amide bonds. The van der Waals surface area contributed by atoms with Crippen molar-refractivity contribution in [3.05, 3.63) is 16.1 Å². The standard InChI is InChI=1S/C15H22F3N3O3S2/c1-11-19-13(8-25-11)7-24-6-12-3-4-20(2)14(5-12)9-21(10-14)26(22,23)15(16,17)18/h8,12H,3-7,9-10H2,1-2H3/t12-/m0/s1. The maximum absolute atomic E-state index is 12.7. The molecule has 0 N–H and O–H groups in total. The summed E-state index contributed by atoms with van der Waals surface area (Å²) in [7, 11) is -3.40. The molecule has 1 aromatic heterocycles. The average molecular weight is 413 g/mol. The maximum Gasteiger partial charge on any atom is 0.511 e. The SMILES string of the molecule is Cc1nc(COC[C@H]2CCN(C)C3(C2)CN(S(=O)(=O)C(F)(F)F)C3)cs1. The van der Waals surface area contributed by atoms with Crippen molar-refractivity contribution in [3.8, 4) is 0 Å². The number of aryl methyl sites for hydroxylation is 1. The Bertz CT molecular complexity index is 745. The van der Waals surface area contributed by atoms with Crippen LogP contribution in [-0.4, -0.2) is 66.9 Å². The highest BCUT2D eigenvalue weighted by Crippen LogP contribution is 2.42. The number of nitrogens with zero attached hydrogens (tertiary/aromatic N) is 3. The van der Waals surface area contributed by atoms with Crippen molar-refractivity contribution in [3.63, 3.8) is 0 Å². The molecule has 11 heteroatoms. The first-order chi connectivity index (χ1) is 12.0. The molecule has 0 unspecified atom stereocenters. The molecule has 2 aliphatic rings. The smallest absolute Gasteiger partial charge is 0.375 e. The number of likely N-dealkylation sites (tertiary alicyclic amines) is 1. The van der Waals surface area contributed by atoms with E-state index in [1.807, 2.05) is 24.3 Å². The molecule has 0 saturated carbocycles. The Hall–Kier alpha value is -0.750. The number of alkyl halides is 3. The first-order valence-corrected chi connectivity index (χ1v) is 10.6. The lowest BCUT2D eigenvalue weighted by Crippen LogP contribution is -2.73. The maximum atomic E-state index is 12.7. The van der Waals surface area contributed by atoms with E-state index < -0.39 is 21.1 Å². The van der Waals surface area contributed by atoms with E-state index in [0.29, 0.717) is 30.5 Å². The molecule has 0 aromatic carbocycles. The molecule has 1 spiro atoms. The van der Waals surface area contributed by atoms with Crippen LogP contribution in [0.1, 0.15) is 23.5 Å². The Morgan fingerprint density at radius 3 is 2.69 bits per heavy atom. The number of likely N-dealkylation sites (N-methyl/N-ethyl adjacent to an activating group) is 1. The molecule has 148 valence electrons. The summed E-state index contributed by atoms with van der Waals surface area (Å²) in [5.74, 6) is 0.196. The quantitative estimate of drug-likeness (QED) is 0.741. The third-order valence-corrected chi connectivity index (χ3v) is 7.54. The topological polar surface area (TPSA) is 62.7 Å². The molecule has 3 rings (SSSR count). The largest absolute Gasteiger partial charge is 0.511 e. The lowest BCUT2D eigenvalue weighted by atomic mass is 9.77. The fraction of sp³-hybridized carbons (Fsp3) is 0.800. The third-order valence-electron chi connectivity index (χ3n) is 5.19. The Kier molecular flexibility index (Phi) is 5.39. The Morgan fingerprint density at radius 1 is 1.42 bits per heavy atom. The van der Waals surface area contributed by atoms with E-state index in [9.17, 15) is 21.6 Å². The monoisotopic (exact) mass is 413 g/mol. The molecule has 2 aliphatic heterocycles. The number of thiazole rings is 1. The van der Waals surface area contributed by atoms with Crippen LogP contribution >= 0.6 is 11.3 Å². The first-order valence-electron chi connectivity index (χ1n) is 8.30. The highest BCUT2D eigenvalue weighted by atomic mass is 32.2. The van der Waals surface area contributed by atoms with Crippen molar-refractivity contribution in [1.29, 1.82) is 0 Å². The highest BCUT2D eigenvalue weighted by molar-refractivity contribution is 7.90. The van der Waals surface area contributed by atoms with Gasteiger partial charge >= 0.3 is 15.5 Å². The molecule has 2 saturated heterocycles. The van der Waals surface area contributed by atoms with Crippen LogP contribution in [0, 0.1) is 12.8 Å². The van der Waals surface area contributed by atoms with E-state index in [4.69, 9.17) is 4.74 Å². The average Bonchev–Trinajstić information content (AvgIpc) is 2.91. The molecule has 0 radical (unpaired) electrons. The molecule has 6 nitrogen and oxygen atoms in total. The van der Waals surface area contributed by atoms with Gasteiger partial charge in [-0.2, -0.15) is 17.5 Å². The fourth-order valence-electron chi connectivity index (χ4n) is 3.65. The molecule has 26 heavy (non-hydrogen) atoms. The van der Waals surface area contributed by atoms with Gasteiger partial charge in [-0.25, -0.2) is 13.4 Å². The van der Waals surface area contributed by atoms with Gasteiger partial charge in [0.05, 0.1) is 23.9 Å². The van der Waals surface area contributed by atoms with Gasteiger partial charge in [0.25, 0.3) is 0 Å². The number of piperidine rings is 1. The second-order valence-electron chi connectivity index (χ2n) is 7.10. The molecular weight excluding hydrogens is 391 g/mol. The zero-order valence-corrected chi connectivity index (χ0v) is 16.3. The molecule has 1 aromatic rings. The number of hydrogen-bond donors (Lipinski definition) is 0. The van der Waals surface area contributed by atoms with Crippen LogP contribution in [-0.2, 0) is 21.4 Å². The summed E-state index contributed by atoms with van der Waals surface area (Å²) in [6.45, 7) is 3.31. The summed E-state index contributed by atoms with van der Waals surface area (Å²) >= 11 is 1.56. The minimum absolute atomic E-state index is 0.118. The molecule has 0 aliphatic carbocycles. The predicted molar refractivity (Wildman–Crippen MR) is 91.1 cm³/mol. The van der Waals surface area contributed by atoms with Gasteiger partial charge in [0.1, 0.15) is 0 Å². The van der Waals surface area contributed by atoms with Gasteiger partial charge in [-0.1, -0.05) is 0 Å². The Morgan fingerprint density at radius 2 is 2.12 bits per heavy atom. The minimum atomic E-state index is -5.24. The second-order valence-corrected chi connectivity index (χ2v) is 10.1. The third kappa shape index (κ3) is 3.77. The van der Waals surface area contributed by atoms with Gasteiger partial charge in [-0.15, -0.1) is 11.3 Å². The summed E-state index contributed by atoms with van der Waals surface area (Å²) in [6, 6.07) is 0. The van der Waals surface area contributed by atoms with Crippen molar-refractivity contribution in [2.24, 2.45) is 5.92 Å². The zero-order valence-electron chi connectivity index (χ0n) is 14.6. The summed E-state index contributed by atoms with van der Waals surface area (Å²) in [6.07, 6.45) is 1.50. The zero-order chi connectivity index (χ0) is 19.2. The van der Waals surface area contributed by atoms with Crippen LogP contribution in [0.5, 0.6) is 0 Å². The van der Waals surface area contributed by atoms with Gasteiger partial charge in [0.15, 0.2) is 0 Å². The number of halogens is 3. The van der Waals surface area contributed by atoms with Crippen molar-refractivity contribution in [2.75, 3.05) is 33.3 Å². The summed E-state index contributed by atoms with van der Waals surface area (Å²) in [5, 5.41) is 2.92. The second kappa shape index (κ2) is 7.01. The van der Waals surface area contributed by atoms with Gasteiger partial charge in [-0.3, -0.25) is 4.90 Å². The van der Waals surface area contributed by atoms with Crippen LogP contribution < -0.4 is 0 Å². The Labute approximate surface area is 155 Å². The van der Waals surface area contributed by atoms with E-state index in [-0.39, 0.29) is 19.0 Å². The number of ether oxygens (including phenoxy) is 1. The highest BCUT2D eigenvalue weighted by Gasteiger charge is 2.60. The Balaban J connectivity index is 1.54. The summed E-state index contributed by atoms with van der Waals surface area (Å²) in [4.78, 5) is 6.31. The van der Waals surface area contributed by atoms with Crippen molar-refractivity contribution >= 4 is 21.4 Å². The van der Waals surface area contributed by atoms with E-state index in [1.54, 1.807) is 11.3 Å². The first kappa shape index (κ1) is 20.0. The van der Waals surface area contributed by atoms with E-state index >= 15 is 0 Å². The van der Waals surface area contributed by atoms with Crippen molar-refractivity contribution in [2.45, 2.75) is 37.4 Å². The molecule has 2 fully saturated rings.